The van der Waals surface area contributed by atoms with Gasteiger partial charge in [-0.1, -0.05) is 12.5 Å². The van der Waals surface area contributed by atoms with E-state index in [0.29, 0.717) is 17.6 Å². The summed E-state index contributed by atoms with van der Waals surface area (Å²) in [5, 5.41) is 4.45. The predicted molar refractivity (Wildman–Crippen MR) is 93.4 cm³/mol. The molecular formula is C16H21N9. The van der Waals surface area contributed by atoms with Crippen LogP contribution in [0, 0.1) is 0 Å². The van der Waals surface area contributed by atoms with Crippen molar-refractivity contribution in [3.8, 4) is 0 Å². The molecule has 3 aromatic heterocycles. The van der Waals surface area contributed by atoms with Gasteiger partial charge in [-0.2, -0.15) is 19.5 Å². The zero-order valence-electron chi connectivity index (χ0n) is 13.9. The molecule has 0 spiro atoms. The van der Waals surface area contributed by atoms with E-state index in [2.05, 4.69) is 36.0 Å². The Labute approximate surface area is 145 Å². The van der Waals surface area contributed by atoms with Crippen molar-refractivity contribution in [3.05, 3.63) is 35.9 Å². The number of nitrogen functional groups attached to an aromatic ring is 2. The van der Waals surface area contributed by atoms with Crippen molar-refractivity contribution < 1.29 is 0 Å². The van der Waals surface area contributed by atoms with Crippen molar-refractivity contribution >= 4 is 17.7 Å². The fourth-order valence-corrected chi connectivity index (χ4v) is 3.36. The first-order chi connectivity index (χ1) is 12.2. The van der Waals surface area contributed by atoms with Crippen molar-refractivity contribution in [1.82, 2.24) is 34.4 Å². The SMILES string of the molecule is Nc1nc(N)n2nc(CC3CCCCN3Cc3ccccn3)nc2n1. The van der Waals surface area contributed by atoms with Gasteiger partial charge >= 0.3 is 0 Å². The summed E-state index contributed by atoms with van der Waals surface area (Å²) in [5.41, 5.74) is 12.6. The molecule has 9 nitrogen and oxygen atoms in total. The smallest absolute Gasteiger partial charge is 0.258 e. The van der Waals surface area contributed by atoms with Crippen LogP contribution < -0.4 is 11.5 Å². The summed E-state index contributed by atoms with van der Waals surface area (Å²) in [6.45, 7) is 1.90. The molecule has 0 aliphatic carbocycles. The Morgan fingerprint density at radius 3 is 2.88 bits per heavy atom. The average molecular weight is 339 g/mol. The number of hydrogen-bond donors (Lipinski definition) is 2. The second-order valence-electron chi connectivity index (χ2n) is 6.33. The molecule has 1 aliphatic heterocycles. The van der Waals surface area contributed by atoms with Gasteiger partial charge in [0.2, 0.25) is 11.9 Å². The molecule has 1 unspecified atom stereocenters. The van der Waals surface area contributed by atoms with Gasteiger partial charge in [0.25, 0.3) is 5.78 Å². The zero-order chi connectivity index (χ0) is 17.2. The Morgan fingerprint density at radius 2 is 2.04 bits per heavy atom. The summed E-state index contributed by atoms with van der Waals surface area (Å²) >= 11 is 0. The highest BCUT2D eigenvalue weighted by Crippen LogP contribution is 2.22. The van der Waals surface area contributed by atoms with Gasteiger partial charge in [0.15, 0.2) is 5.82 Å². The van der Waals surface area contributed by atoms with Crippen LogP contribution in [0.5, 0.6) is 0 Å². The second kappa shape index (κ2) is 6.60. The quantitative estimate of drug-likeness (QED) is 0.711. The molecule has 0 aromatic carbocycles. The number of aromatic nitrogens is 6. The lowest BCUT2D eigenvalue weighted by atomic mass is 9.99. The van der Waals surface area contributed by atoms with Crippen LogP contribution in [0.2, 0.25) is 0 Å². The molecule has 1 saturated heterocycles. The highest BCUT2D eigenvalue weighted by molar-refractivity contribution is 5.40. The van der Waals surface area contributed by atoms with E-state index >= 15 is 0 Å². The molecule has 1 atom stereocenters. The topological polar surface area (TPSA) is 124 Å². The van der Waals surface area contributed by atoms with Gasteiger partial charge < -0.3 is 11.5 Å². The Morgan fingerprint density at radius 1 is 1.12 bits per heavy atom. The first-order valence-corrected chi connectivity index (χ1v) is 8.47. The standard InChI is InChI=1S/C16H21N9/c17-14-21-15(18)25-16(22-14)20-13(23-25)9-12-6-2-4-8-24(12)10-11-5-1-3-7-19-11/h1,3,5,7,12H,2,4,6,8-10H2,(H4,17,18,20,21,22,23). The predicted octanol–water partition coefficient (Wildman–Crippen LogP) is 0.676. The minimum atomic E-state index is 0.110. The molecule has 0 bridgehead atoms. The number of nitrogens with two attached hydrogens (primary N) is 2. The van der Waals surface area contributed by atoms with Gasteiger partial charge in [0.05, 0.1) is 5.69 Å². The molecule has 9 heteroatoms. The van der Waals surface area contributed by atoms with Crippen molar-refractivity contribution in [2.24, 2.45) is 0 Å². The number of hydrogen-bond acceptors (Lipinski definition) is 8. The Bertz CT molecular complexity index is 861. The fourth-order valence-electron chi connectivity index (χ4n) is 3.36. The molecule has 0 radical (unpaired) electrons. The maximum Gasteiger partial charge on any atom is 0.258 e. The molecule has 4 N–H and O–H groups in total. The number of nitrogens with zero attached hydrogens (tertiary/aromatic N) is 7. The summed E-state index contributed by atoms with van der Waals surface area (Å²) in [5.74, 6) is 1.42. The lowest BCUT2D eigenvalue weighted by Gasteiger charge is -2.34. The van der Waals surface area contributed by atoms with Gasteiger partial charge in [-0.25, -0.2) is 0 Å². The monoisotopic (exact) mass is 339 g/mol. The maximum atomic E-state index is 5.84. The molecule has 130 valence electrons. The first kappa shape index (κ1) is 15.7. The molecule has 25 heavy (non-hydrogen) atoms. The van der Waals surface area contributed by atoms with E-state index in [9.17, 15) is 0 Å². The van der Waals surface area contributed by atoms with Crippen LogP contribution in [0.4, 0.5) is 11.9 Å². The molecular weight excluding hydrogens is 318 g/mol. The average Bonchev–Trinajstić information content (AvgIpc) is 3.00. The van der Waals surface area contributed by atoms with E-state index in [-0.39, 0.29) is 11.9 Å². The summed E-state index contributed by atoms with van der Waals surface area (Å²) < 4.78 is 1.44. The number of likely N-dealkylation sites (tertiary alicyclic amines) is 1. The van der Waals surface area contributed by atoms with Crippen molar-refractivity contribution in [2.45, 2.75) is 38.3 Å². The van der Waals surface area contributed by atoms with Gasteiger partial charge in [-0.3, -0.25) is 9.88 Å². The highest BCUT2D eigenvalue weighted by atomic mass is 15.4. The van der Waals surface area contributed by atoms with E-state index in [1.54, 1.807) is 0 Å². The number of fused-ring (bicyclic) bond motifs is 1. The summed E-state index contributed by atoms with van der Waals surface area (Å²) in [4.78, 5) is 19.4. The van der Waals surface area contributed by atoms with E-state index in [1.807, 2.05) is 18.3 Å². The normalized spacial score (nSPS) is 18.6. The number of pyridine rings is 1. The van der Waals surface area contributed by atoms with E-state index in [4.69, 9.17) is 11.5 Å². The van der Waals surface area contributed by atoms with Gasteiger partial charge in [-0.05, 0) is 31.5 Å². The zero-order valence-corrected chi connectivity index (χ0v) is 13.9. The fraction of sp³-hybridized carbons (Fsp3) is 0.438. The number of piperidine rings is 1. The maximum absolute atomic E-state index is 5.84. The summed E-state index contributed by atoms with van der Waals surface area (Å²) in [7, 11) is 0. The van der Waals surface area contributed by atoms with Crippen LogP contribution in [-0.4, -0.2) is 47.0 Å². The van der Waals surface area contributed by atoms with E-state index < -0.39 is 0 Å². The Balaban J connectivity index is 1.54. The third-order valence-electron chi connectivity index (χ3n) is 4.55. The molecule has 1 fully saturated rings. The summed E-state index contributed by atoms with van der Waals surface area (Å²) in [6, 6.07) is 6.40. The molecule has 3 aromatic rings. The minimum Gasteiger partial charge on any atom is -0.368 e. The number of anilines is 2. The van der Waals surface area contributed by atoms with Crippen LogP contribution in [0.3, 0.4) is 0 Å². The number of rotatable bonds is 4. The van der Waals surface area contributed by atoms with E-state index in [0.717, 1.165) is 31.6 Å². The Kier molecular flexibility index (Phi) is 4.14. The molecule has 0 saturated carbocycles. The van der Waals surface area contributed by atoms with Crippen molar-refractivity contribution in [2.75, 3.05) is 18.0 Å². The van der Waals surface area contributed by atoms with Gasteiger partial charge in [-0.15, -0.1) is 5.10 Å². The highest BCUT2D eigenvalue weighted by Gasteiger charge is 2.25. The van der Waals surface area contributed by atoms with Crippen molar-refractivity contribution in [3.63, 3.8) is 0 Å². The van der Waals surface area contributed by atoms with Crippen LogP contribution in [0.1, 0.15) is 30.8 Å². The summed E-state index contributed by atoms with van der Waals surface area (Å²) in [6.07, 6.45) is 6.12. The first-order valence-electron chi connectivity index (χ1n) is 8.47. The third kappa shape index (κ3) is 3.36. The third-order valence-corrected chi connectivity index (χ3v) is 4.55. The lowest BCUT2D eigenvalue weighted by molar-refractivity contribution is 0.136. The van der Waals surface area contributed by atoms with E-state index in [1.165, 1.54) is 17.4 Å². The minimum absolute atomic E-state index is 0.110. The van der Waals surface area contributed by atoms with Crippen LogP contribution in [-0.2, 0) is 13.0 Å². The van der Waals surface area contributed by atoms with Gasteiger partial charge in [0.1, 0.15) is 0 Å². The molecule has 1 aliphatic rings. The van der Waals surface area contributed by atoms with Crippen LogP contribution in [0.15, 0.2) is 24.4 Å². The second-order valence-corrected chi connectivity index (χ2v) is 6.33. The van der Waals surface area contributed by atoms with Gasteiger partial charge in [0, 0.05) is 25.2 Å². The largest absolute Gasteiger partial charge is 0.368 e. The lowest BCUT2D eigenvalue weighted by Crippen LogP contribution is -2.40. The van der Waals surface area contributed by atoms with Crippen molar-refractivity contribution in [1.29, 1.82) is 0 Å². The molecule has 0 amide bonds. The van der Waals surface area contributed by atoms with Crippen LogP contribution in [0.25, 0.3) is 5.78 Å². The molecule has 4 rings (SSSR count). The van der Waals surface area contributed by atoms with Crippen LogP contribution >= 0.6 is 0 Å². The molecule has 4 heterocycles. The Hall–Kier alpha value is -2.81.